The van der Waals surface area contributed by atoms with Crippen molar-refractivity contribution >= 4 is 17.8 Å². The van der Waals surface area contributed by atoms with Crippen molar-refractivity contribution in [1.29, 1.82) is 0 Å². The number of hydrogen-bond acceptors (Lipinski definition) is 5. The number of imide groups is 1. The van der Waals surface area contributed by atoms with Gasteiger partial charge in [-0.1, -0.05) is 18.2 Å². The molecule has 2 aromatic carbocycles. The molecule has 1 aromatic heterocycles. The molecule has 0 bridgehead atoms. The minimum Gasteiger partial charge on any atom is -0.497 e. The number of hydrazine groups is 1. The summed E-state index contributed by atoms with van der Waals surface area (Å²) in [6.45, 7) is -0.241. The van der Waals surface area contributed by atoms with Crippen molar-refractivity contribution in [3.05, 3.63) is 66.4 Å². The lowest BCUT2D eigenvalue weighted by atomic mass is 10.1. The molecule has 1 fully saturated rings. The molecule has 29 heavy (non-hydrogen) atoms. The minimum atomic E-state index is -0.679. The molecular weight excluding hydrogens is 374 g/mol. The fourth-order valence-electron chi connectivity index (χ4n) is 2.94. The fraction of sp³-hybridized carbons (Fsp3) is 0.100. The molecule has 0 unspecified atom stereocenters. The van der Waals surface area contributed by atoms with E-state index < -0.39 is 17.8 Å². The van der Waals surface area contributed by atoms with E-state index in [1.54, 1.807) is 17.9 Å². The van der Waals surface area contributed by atoms with Crippen LogP contribution in [0.1, 0.15) is 10.5 Å². The van der Waals surface area contributed by atoms with Crippen LogP contribution in [0.4, 0.5) is 4.79 Å². The van der Waals surface area contributed by atoms with E-state index in [9.17, 15) is 14.4 Å². The number of nitrogens with zero attached hydrogens (tertiary/aromatic N) is 3. The molecule has 1 aliphatic heterocycles. The van der Waals surface area contributed by atoms with Crippen LogP contribution in [-0.4, -0.2) is 46.3 Å². The van der Waals surface area contributed by atoms with Gasteiger partial charge in [-0.3, -0.25) is 20.3 Å². The molecule has 9 heteroatoms. The Bertz CT molecular complexity index is 1080. The van der Waals surface area contributed by atoms with Crippen LogP contribution < -0.4 is 15.5 Å². The van der Waals surface area contributed by atoms with Crippen LogP contribution in [0, 0.1) is 0 Å². The maximum atomic E-state index is 12.6. The zero-order valence-electron chi connectivity index (χ0n) is 15.5. The van der Waals surface area contributed by atoms with Gasteiger partial charge in [0.1, 0.15) is 12.3 Å². The summed E-state index contributed by atoms with van der Waals surface area (Å²) in [4.78, 5) is 35.6. The van der Waals surface area contributed by atoms with E-state index in [1.165, 1.54) is 0 Å². The molecule has 2 N–H and O–H groups in total. The maximum absolute atomic E-state index is 12.6. The van der Waals surface area contributed by atoms with Gasteiger partial charge in [-0.2, -0.15) is 5.10 Å². The molecule has 0 atom stereocenters. The van der Waals surface area contributed by atoms with Crippen molar-refractivity contribution in [3.63, 3.8) is 0 Å². The summed E-state index contributed by atoms with van der Waals surface area (Å²) in [5.41, 5.74) is 4.79. The number of ether oxygens (including phenoxy) is 1. The molecular formula is C20H17N5O4. The molecule has 4 amide bonds. The fourth-order valence-corrected chi connectivity index (χ4v) is 2.94. The molecule has 1 aliphatic rings. The Hall–Kier alpha value is -4.14. The topological polar surface area (TPSA) is 106 Å². The van der Waals surface area contributed by atoms with E-state index in [2.05, 4.69) is 15.8 Å². The maximum Gasteiger partial charge on any atom is 0.343 e. The first-order chi connectivity index (χ1) is 14.0. The smallest absolute Gasteiger partial charge is 0.343 e. The van der Waals surface area contributed by atoms with Crippen molar-refractivity contribution in [2.45, 2.75) is 0 Å². The third kappa shape index (κ3) is 3.65. The number of amides is 4. The van der Waals surface area contributed by atoms with Crippen molar-refractivity contribution < 1.29 is 19.1 Å². The second-order valence-corrected chi connectivity index (χ2v) is 6.27. The van der Waals surface area contributed by atoms with Crippen molar-refractivity contribution in [3.8, 4) is 22.7 Å². The molecule has 0 saturated carbocycles. The summed E-state index contributed by atoms with van der Waals surface area (Å²) in [7, 11) is 1.59. The number of urea groups is 1. The number of methoxy groups -OCH3 is 1. The summed E-state index contributed by atoms with van der Waals surface area (Å²) < 4.78 is 6.84. The standard InChI is InChI=1S/C20H17N5O4/c1-29-15-9-7-13(8-10-15)17-11-16(22-25(17)14-5-3-2-4-6-14)19(27)23-24-12-18(26)21-20(24)28/h2-11H,12H2,1H3,(H,23,27)(H,21,26,28). The van der Waals surface area contributed by atoms with E-state index in [0.717, 1.165) is 16.3 Å². The van der Waals surface area contributed by atoms with E-state index in [0.29, 0.717) is 11.4 Å². The van der Waals surface area contributed by atoms with E-state index >= 15 is 0 Å². The van der Waals surface area contributed by atoms with Gasteiger partial charge in [0.15, 0.2) is 5.69 Å². The van der Waals surface area contributed by atoms with Gasteiger partial charge in [-0.25, -0.2) is 14.5 Å². The average Bonchev–Trinajstić information content (AvgIpc) is 3.32. The number of benzene rings is 2. The number of nitrogens with one attached hydrogen (secondary N) is 2. The van der Waals surface area contributed by atoms with Crippen LogP contribution in [0.3, 0.4) is 0 Å². The minimum absolute atomic E-state index is 0.104. The Morgan fingerprint density at radius 3 is 2.45 bits per heavy atom. The molecule has 2 heterocycles. The van der Waals surface area contributed by atoms with Gasteiger partial charge in [0.05, 0.1) is 18.5 Å². The SMILES string of the molecule is COc1ccc(-c2cc(C(=O)NN3CC(=O)NC3=O)nn2-c2ccccc2)cc1. The van der Waals surface area contributed by atoms with Crippen molar-refractivity contribution in [1.82, 2.24) is 25.5 Å². The summed E-state index contributed by atoms with van der Waals surface area (Å²) in [6, 6.07) is 17.7. The van der Waals surface area contributed by atoms with E-state index in [4.69, 9.17) is 4.74 Å². The predicted octanol–water partition coefficient (Wildman–Crippen LogP) is 1.74. The molecule has 4 rings (SSSR count). The van der Waals surface area contributed by atoms with Gasteiger partial charge in [-0.05, 0) is 42.5 Å². The third-order valence-electron chi connectivity index (χ3n) is 4.36. The molecule has 1 saturated heterocycles. The lowest BCUT2D eigenvalue weighted by Crippen LogP contribution is -2.44. The number of carbonyl (C=O) groups excluding carboxylic acids is 3. The highest BCUT2D eigenvalue weighted by molar-refractivity contribution is 6.03. The third-order valence-corrected chi connectivity index (χ3v) is 4.36. The second kappa shape index (κ2) is 7.47. The van der Waals surface area contributed by atoms with Gasteiger partial charge in [0, 0.05) is 5.56 Å². The summed E-state index contributed by atoms with van der Waals surface area (Å²) in [5, 5.41) is 7.43. The highest BCUT2D eigenvalue weighted by atomic mass is 16.5. The van der Waals surface area contributed by atoms with Crippen LogP contribution in [0.15, 0.2) is 60.7 Å². The zero-order valence-corrected chi connectivity index (χ0v) is 15.5. The summed E-state index contributed by atoms with van der Waals surface area (Å²) >= 11 is 0. The largest absolute Gasteiger partial charge is 0.497 e. The van der Waals surface area contributed by atoms with Gasteiger partial charge in [0.2, 0.25) is 5.91 Å². The van der Waals surface area contributed by atoms with Crippen LogP contribution in [0.2, 0.25) is 0 Å². The Balaban J connectivity index is 1.70. The highest BCUT2D eigenvalue weighted by Gasteiger charge is 2.29. The zero-order chi connectivity index (χ0) is 20.4. The summed E-state index contributed by atoms with van der Waals surface area (Å²) in [5.74, 6) is -0.370. The first-order valence-corrected chi connectivity index (χ1v) is 8.77. The molecule has 3 aromatic rings. The van der Waals surface area contributed by atoms with Crippen LogP contribution >= 0.6 is 0 Å². The van der Waals surface area contributed by atoms with Crippen LogP contribution in [-0.2, 0) is 4.79 Å². The van der Waals surface area contributed by atoms with Crippen LogP contribution in [0.25, 0.3) is 16.9 Å². The van der Waals surface area contributed by atoms with Gasteiger partial charge < -0.3 is 4.74 Å². The van der Waals surface area contributed by atoms with Gasteiger partial charge in [-0.15, -0.1) is 0 Å². The second-order valence-electron chi connectivity index (χ2n) is 6.27. The average molecular weight is 391 g/mol. The van der Waals surface area contributed by atoms with E-state index in [1.807, 2.05) is 54.6 Å². The summed E-state index contributed by atoms with van der Waals surface area (Å²) in [6.07, 6.45) is 0. The Morgan fingerprint density at radius 1 is 1.10 bits per heavy atom. The normalized spacial score (nSPS) is 13.3. The molecule has 0 aliphatic carbocycles. The Labute approximate surface area is 165 Å². The van der Waals surface area contributed by atoms with Gasteiger partial charge >= 0.3 is 6.03 Å². The number of carbonyl (C=O) groups is 3. The van der Waals surface area contributed by atoms with E-state index in [-0.39, 0.29) is 12.2 Å². The molecule has 0 radical (unpaired) electrons. The quantitative estimate of drug-likeness (QED) is 0.645. The lowest BCUT2D eigenvalue weighted by Gasteiger charge is -2.13. The first-order valence-electron chi connectivity index (χ1n) is 8.77. The number of para-hydroxylation sites is 1. The van der Waals surface area contributed by atoms with Crippen molar-refractivity contribution in [2.75, 3.05) is 13.7 Å². The van der Waals surface area contributed by atoms with Crippen LogP contribution in [0.5, 0.6) is 5.75 Å². The first kappa shape index (κ1) is 18.2. The highest BCUT2D eigenvalue weighted by Crippen LogP contribution is 2.26. The Kier molecular flexibility index (Phi) is 4.70. The van der Waals surface area contributed by atoms with Gasteiger partial charge in [0.25, 0.3) is 5.91 Å². The Morgan fingerprint density at radius 2 is 1.83 bits per heavy atom. The predicted molar refractivity (Wildman–Crippen MR) is 103 cm³/mol. The number of rotatable bonds is 5. The number of hydrogen-bond donors (Lipinski definition) is 2. The monoisotopic (exact) mass is 391 g/mol. The lowest BCUT2D eigenvalue weighted by molar-refractivity contribution is -0.118. The molecule has 146 valence electrons. The number of aromatic nitrogens is 2. The molecule has 9 nitrogen and oxygen atoms in total. The molecule has 0 spiro atoms. The van der Waals surface area contributed by atoms with Crippen molar-refractivity contribution in [2.24, 2.45) is 0 Å².